The minimum atomic E-state index is 0.738. The Labute approximate surface area is 114 Å². The van der Waals surface area contributed by atoms with Gasteiger partial charge in [-0.1, -0.05) is 13.8 Å². The van der Waals surface area contributed by atoms with Gasteiger partial charge >= 0.3 is 0 Å². The van der Waals surface area contributed by atoms with Gasteiger partial charge < -0.3 is 9.80 Å². The summed E-state index contributed by atoms with van der Waals surface area (Å²) in [6, 6.07) is 0.738. The summed E-state index contributed by atoms with van der Waals surface area (Å²) in [5.41, 5.74) is 0. The second-order valence-corrected chi connectivity index (χ2v) is 7.29. The third-order valence-corrected chi connectivity index (χ3v) is 4.74. The first-order chi connectivity index (χ1) is 8.54. The molecule has 0 amide bonds. The van der Waals surface area contributed by atoms with Crippen LogP contribution < -0.4 is 0 Å². The highest BCUT2D eigenvalue weighted by atomic mass is 15.2. The summed E-state index contributed by atoms with van der Waals surface area (Å²) in [4.78, 5) is 5.38. The van der Waals surface area contributed by atoms with Crippen molar-refractivity contribution < 1.29 is 0 Å². The Balaban J connectivity index is 1.69. The zero-order chi connectivity index (χ0) is 13.1. The molecule has 2 atom stereocenters. The lowest BCUT2D eigenvalue weighted by Gasteiger charge is -2.23. The largest absolute Gasteiger partial charge is 0.303 e. The quantitative estimate of drug-likeness (QED) is 0.742. The highest BCUT2D eigenvalue weighted by molar-refractivity contribution is 4.83. The van der Waals surface area contributed by atoms with Crippen LogP contribution in [0.3, 0.4) is 0 Å². The molecule has 2 heteroatoms. The average Bonchev–Trinajstić information content (AvgIpc) is 2.88. The Hall–Kier alpha value is -0.0800. The fourth-order valence-electron chi connectivity index (χ4n) is 3.78. The van der Waals surface area contributed by atoms with E-state index in [9.17, 15) is 0 Å². The van der Waals surface area contributed by atoms with Crippen LogP contribution in [0.4, 0.5) is 0 Å². The summed E-state index contributed by atoms with van der Waals surface area (Å²) in [7, 11) is 0. The second-order valence-electron chi connectivity index (χ2n) is 7.29. The molecule has 18 heavy (non-hydrogen) atoms. The molecule has 0 bridgehead atoms. The molecule has 2 nitrogen and oxygen atoms in total. The van der Waals surface area contributed by atoms with Gasteiger partial charge in [0.15, 0.2) is 0 Å². The first kappa shape index (κ1) is 14.3. The lowest BCUT2D eigenvalue weighted by molar-refractivity contribution is 0.233. The van der Waals surface area contributed by atoms with Gasteiger partial charge in [-0.15, -0.1) is 0 Å². The van der Waals surface area contributed by atoms with E-state index in [-0.39, 0.29) is 0 Å². The summed E-state index contributed by atoms with van der Waals surface area (Å²) in [5.74, 6) is 2.79. The molecule has 2 rings (SSSR count). The molecular weight excluding hydrogens is 220 g/mol. The third-order valence-electron chi connectivity index (χ3n) is 4.74. The molecule has 2 aliphatic heterocycles. The van der Waals surface area contributed by atoms with Gasteiger partial charge in [-0.25, -0.2) is 0 Å². The number of hydrogen-bond donors (Lipinski definition) is 0. The van der Waals surface area contributed by atoms with Crippen LogP contribution >= 0.6 is 0 Å². The molecule has 0 spiro atoms. The van der Waals surface area contributed by atoms with E-state index in [0.717, 1.165) is 23.8 Å². The van der Waals surface area contributed by atoms with Crippen molar-refractivity contribution >= 4 is 0 Å². The van der Waals surface area contributed by atoms with Crippen molar-refractivity contribution in [2.75, 3.05) is 32.7 Å². The van der Waals surface area contributed by atoms with Crippen molar-refractivity contribution in [3.63, 3.8) is 0 Å². The van der Waals surface area contributed by atoms with Gasteiger partial charge in [0.05, 0.1) is 0 Å². The van der Waals surface area contributed by atoms with Crippen LogP contribution in [0.15, 0.2) is 0 Å². The summed E-state index contributed by atoms with van der Waals surface area (Å²) in [6.45, 7) is 16.1. The number of hydrogen-bond acceptors (Lipinski definition) is 2. The van der Waals surface area contributed by atoms with E-state index >= 15 is 0 Å². The molecule has 0 aromatic rings. The first-order valence-electron chi connectivity index (χ1n) is 8.01. The standard InChI is InChI=1S/C16H32N2/c1-13(2)9-15-5-7-17(10-15)11-16-6-8-18(12-16)14(3)4/h13-16H,5-12H2,1-4H3/t15-,16?/m1/s1. The van der Waals surface area contributed by atoms with Crippen molar-refractivity contribution in [1.29, 1.82) is 0 Å². The van der Waals surface area contributed by atoms with Gasteiger partial charge in [-0.05, 0) is 64.0 Å². The number of nitrogens with zero attached hydrogens (tertiary/aromatic N) is 2. The Morgan fingerprint density at radius 2 is 1.67 bits per heavy atom. The SMILES string of the molecule is CC(C)C[C@H]1CCN(CC2CCN(C(C)C)C2)C1. The van der Waals surface area contributed by atoms with E-state index in [2.05, 4.69) is 37.5 Å². The lowest BCUT2D eigenvalue weighted by Crippen LogP contribution is -2.32. The lowest BCUT2D eigenvalue weighted by atomic mass is 9.97. The van der Waals surface area contributed by atoms with Gasteiger partial charge in [0.1, 0.15) is 0 Å². The first-order valence-corrected chi connectivity index (χ1v) is 8.01. The minimum Gasteiger partial charge on any atom is -0.303 e. The minimum absolute atomic E-state index is 0.738. The van der Waals surface area contributed by atoms with Gasteiger partial charge in [-0.3, -0.25) is 0 Å². The molecule has 0 N–H and O–H groups in total. The number of rotatable bonds is 5. The smallest absolute Gasteiger partial charge is 0.00387 e. The third kappa shape index (κ3) is 3.96. The molecule has 2 fully saturated rings. The molecule has 0 aromatic heterocycles. The Kier molecular flexibility index (Phi) is 5.08. The Morgan fingerprint density at radius 1 is 0.944 bits per heavy atom. The van der Waals surface area contributed by atoms with E-state index in [1.54, 1.807) is 0 Å². The van der Waals surface area contributed by atoms with Crippen LogP contribution in [0.25, 0.3) is 0 Å². The molecule has 2 heterocycles. The molecule has 106 valence electrons. The van der Waals surface area contributed by atoms with E-state index in [0.29, 0.717) is 0 Å². The van der Waals surface area contributed by atoms with Crippen LogP contribution in [0.5, 0.6) is 0 Å². The van der Waals surface area contributed by atoms with Crippen LogP contribution in [-0.4, -0.2) is 48.6 Å². The Morgan fingerprint density at radius 3 is 2.28 bits per heavy atom. The topological polar surface area (TPSA) is 6.48 Å². The van der Waals surface area contributed by atoms with Crippen LogP contribution in [-0.2, 0) is 0 Å². The van der Waals surface area contributed by atoms with E-state index in [1.165, 1.54) is 52.0 Å². The van der Waals surface area contributed by atoms with Crippen molar-refractivity contribution in [1.82, 2.24) is 9.80 Å². The average molecular weight is 252 g/mol. The molecule has 2 aliphatic rings. The predicted molar refractivity (Wildman–Crippen MR) is 78.8 cm³/mol. The van der Waals surface area contributed by atoms with Gasteiger partial charge in [0, 0.05) is 25.7 Å². The molecule has 0 saturated carbocycles. The van der Waals surface area contributed by atoms with Gasteiger partial charge in [0.2, 0.25) is 0 Å². The van der Waals surface area contributed by atoms with Crippen molar-refractivity contribution in [3.8, 4) is 0 Å². The second kappa shape index (κ2) is 6.38. The molecule has 0 aliphatic carbocycles. The van der Waals surface area contributed by atoms with Crippen LogP contribution in [0.1, 0.15) is 47.0 Å². The van der Waals surface area contributed by atoms with E-state index < -0.39 is 0 Å². The molecule has 2 saturated heterocycles. The van der Waals surface area contributed by atoms with Gasteiger partial charge in [-0.2, -0.15) is 0 Å². The molecule has 0 aromatic carbocycles. The van der Waals surface area contributed by atoms with E-state index in [4.69, 9.17) is 0 Å². The monoisotopic (exact) mass is 252 g/mol. The number of likely N-dealkylation sites (tertiary alicyclic amines) is 2. The summed E-state index contributed by atoms with van der Waals surface area (Å²) in [5, 5.41) is 0. The van der Waals surface area contributed by atoms with Crippen LogP contribution in [0.2, 0.25) is 0 Å². The van der Waals surface area contributed by atoms with E-state index in [1.807, 2.05) is 0 Å². The summed E-state index contributed by atoms with van der Waals surface area (Å²) >= 11 is 0. The normalized spacial score (nSPS) is 31.0. The highest BCUT2D eigenvalue weighted by Crippen LogP contribution is 2.26. The zero-order valence-electron chi connectivity index (χ0n) is 12.9. The maximum atomic E-state index is 2.74. The van der Waals surface area contributed by atoms with Crippen molar-refractivity contribution in [2.24, 2.45) is 17.8 Å². The highest BCUT2D eigenvalue weighted by Gasteiger charge is 2.29. The maximum absolute atomic E-state index is 2.74. The fourth-order valence-corrected chi connectivity index (χ4v) is 3.78. The summed E-state index contributed by atoms with van der Waals surface area (Å²) < 4.78 is 0. The molecule has 0 radical (unpaired) electrons. The van der Waals surface area contributed by atoms with Crippen molar-refractivity contribution in [2.45, 2.75) is 53.0 Å². The molecule has 1 unspecified atom stereocenters. The molecular formula is C16H32N2. The van der Waals surface area contributed by atoms with Crippen LogP contribution in [0, 0.1) is 17.8 Å². The Bertz CT molecular complexity index is 249. The fraction of sp³-hybridized carbons (Fsp3) is 1.00. The predicted octanol–water partition coefficient (Wildman–Crippen LogP) is 3.08. The maximum Gasteiger partial charge on any atom is 0.00387 e. The summed E-state index contributed by atoms with van der Waals surface area (Å²) in [6.07, 6.45) is 4.29. The van der Waals surface area contributed by atoms with Crippen molar-refractivity contribution in [3.05, 3.63) is 0 Å². The van der Waals surface area contributed by atoms with Gasteiger partial charge in [0.25, 0.3) is 0 Å². The zero-order valence-corrected chi connectivity index (χ0v) is 12.9.